The van der Waals surface area contributed by atoms with Crippen molar-refractivity contribution < 1.29 is 0 Å². The zero-order chi connectivity index (χ0) is 12.5. The fourth-order valence-corrected chi connectivity index (χ4v) is 2.36. The lowest BCUT2D eigenvalue weighted by Gasteiger charge is -2.28. The lowest BCUT2D eigenvalue weighted by atomic mass is 10.1. The number of hydrogen-bond acceptors (Lipinski definition) is 4. The minimum absolute atomic E-state index is 0.479. The van der Waals surface area contributed by atoms with Gasteiger partial charge in [0.1, 0.15) is 0 Å². The Balaban J connectivity index is 1.91. The molecule has 0 aromatic carbocycles. The van der Waals surface area contributed by atoms with Gasteiger partial charge in [0.25, 0.3) is 0 Å². The summed E-state index contributed by atoms with van der Waals surface area (Å²) in [6, 6.07) is 2.22. The van der Waals surface area contributed by atoms with Crippen LogP contribution >= 0.6 is 0 Å². The molecule has 1 aromatic rings. The van der Waals surface area contributed by atoms with E-state index < -0.39 is 0 Å². The summed E-state index contributed by atoms with van der Waals surface area (Å²) in [5.41, 5.74) is 2.46. The minimum atomic E-state index is 0.479. The van der Waals surface area contributed by atoms with Crippen LogP contribution in [0.15, 0.2) is 6.07 Å². The number of piperazine rings is 1. The predicted octanol–water partition coefficient (Wildman–Crippen LogP) is 1.89. The molecule has 18 heavy (non-hydrogen) atoms. The third-order valence-corrected chi connectivity index (χ3v) is 3.74. The molecule has 98 valence electrons. The van der Waals surface area contributed by atoms with Crippen molar-refractivity contribution in [2.75, 3.05) is 31.1 Å². The van der Waals surface area contributed by atoms with Gasteiger partial charge in [0, 0.05) is 43.5 Å². The van der Waals surface area contributed by atoms with Crippen molar-refractivity contribution in [3.05, 3.63) is 17.5 Å². The van der Waals surface area contributed by atoms with Gasteiger partial charge < -0.3 is 10.2 Å². The van der Waals surface area contributed by atoms with E-state index in [0.717, 1.165) is 32.1 Å². The van der Waals surface area contributed by atoms with E-state index in [1.54, 1.807) is 0 Å². The zero-order valence-corrected chi connectivity index (χ0v) is 11.3. The molecule has 1 aliphatic heterocycles. The van der Waals surface area contributed by atoms with E-state index in [2.05, 4.69) is 30.1 Å². The number of anilines is 1. The van der Waals surface area contributed by atoms with Crippen LogP contribution in [0.2, 0.25) is 0 Å². The first-order valence-electron chi connectivity index (χ1n) is 7.08. The molecule has 0 unspecified atom stereocenters. The van der Waals surface area contributed by atoms with E-state index in [9.17, 15) is 0 Å². The second-order valence-electron chi connectivity index (χ2n) is 5.68. The average molecular weight is 246 g/mol. The molecule has 2 heterocycles. The van der Waals surface area contributed by atoms with Gasteiger partial charge in [0.05, 0.1) is 0 Å². The SMILES string of the molecule is CC(C)c1cc(C2CC2)nc(N2CCNCC2)n1. The highest BCUT2D eigenvalue weighted by Gasteiger charge is 2.27. The largest absolute Gasteiger partial charge is 0.338 e. The van der Waals surface area contributed by atoms with Crippen LogP contribution in [0.5, 0.6) is 0 Å². The Morgan fingerprint density at radius 1 is 1.22 bits per heavy atom. The molecule has 1 aromatic heterocycles. The molecule has 1 aliphatic carbocycles. The van der Waals surface area contributed by atoms with Crippen LogP contribution in [0.3, 0.4) is 0 Å². The fourth-order valence-electron chi connectivity index (χ4n) is 2.36. The summed E-state index contributed by atoms with van der Waals surface area (Å²) in [5, 5.41) is 3.37. The van der Waals surface area contributed by atoms with Crippen molar-refractivity contribution in [2.45, 2.75) is 38.5 Å². The summed E-state index contributed by atoms with van der Waals surface area (Å²) in [4.78, 5) is 11.9. The Kier molecular flexibility index (Phi) is 3.20. The molecule has 0 spiro atoms. The third-order valence-electron chi connectivity index (χ3n) is 3.74. The molecule has 3 rings (SSSR count). The highest BCUT2D eigenvalue weighted by molar-refractivity contribution is 5.36. The molecule has 1 saturated carbocycles. The highest BCUT2D eigenvalue weighted by atomic mass is 15.3. The fraction of sp³-hybridized carbons (Fsp3) is 0.714. The predicted molar refractivity (Wildman–Crippen MR) is 73.2 cm³/mol. The Morgan fingerprint density at radius 2 is 1.94 bits per heavy atom. The molecule has 4 nitrogen and oxygen atoms in total. The smallest absolute Gasteiger partial charge is 0.225 e. The molecule has 1 N–H and O–H groups in total. The first-order valence-corrected chi connectivity index (χ1v) is 7.08. The lowest BCUT2D eigenvalue weighted by Crippen LogP contribution is -2.44. The summed E-state index contributed by atoms with van der Waals surface area (Å²) < 4.78 is 0. The minimum Gasteiger partial charge on any atom is -0.338 e. The summed E-state index contributed by atoms with van der Waals surface area (Å²) in [5.74, 6) is 2.13. The summed E-state index contributed by atoms with van der Waals surface area (Å²) in [6.45, 7) is 8.53. The van der Waals surface area contributed by atoms with Gasteiger partial charge in [0.2, 0.25) is 5.95 Å². The van der Waals surface area contributed by atoms with Crippen LogP contribution in [-0.2, 0) is 0 Å². The molecule has 4 heteroatoms. The first kappa shape index (κ1) is 11.9. The second-order valence-corrected chi connectivity index (χ2v) is 5.68. The van der Waals surface area contributed by atoms with Crippen LogP contribution in [0.4, 0.5) is 5.95 Å². The molecule has 0 radical (unpaired) electrons. The van der Waals surface area contributed by atoms with E-state index in [4.69, 9.17) is 9.97 Å². The van der Waals surface area contributed by atoms with Gasteiger partial charge in [-0.05, 0) is 24.8 Å². The number of aromatic nitrogens is 2. The van der Waals surface area contributed by atoms with E-state index in [-0.39, 0.29) is 0 Å². The molecule has 2 aliphatic rings. The standard InChI is InChI=1S/C14H22N4/c1-10(2)12-9-13(11-3-4-11)17-14(16-12)18-7-5-15-6-8-18/h9-11,15H,3-8H2,1-2H3. The van der Waals surface area contributed by atoms with Crippen LogP contribution in [0.25, 0.3) is 0 Å². The van der Waals surface area contributed by atoms with Gasteiger partial charge in [-0.1, -0.05) is 13.8 Å². The Morgan fingerprint density at radius 3 is 2.56 bits per heavy atom. The number of hydrogen-bond donors (Lipinski definition) is 1. The number of rotatable bonds is 3. The van der Waals surface area contributed by atoms with E-state index in [1.165, 1.54) is 24.2 Å². The normalized spacial score (nSPS) is 20.5. The monoisotopic (exact) mass is 246 g/mol. The molecular weight excluding hydrogens is 224 g/mol. The van der Waals surface area contributed by atoms with Crippen molar-refractivity contribution >= 4 is 5.95 Å². The van der Waals surface area contributed by atoms with E-state index in [1.807, 2.05) is 0 Å². The zero-order valence-electron chi connectivity index (χ0n) is 11.3. The maximum absolute atomic E-state index is 4.79. The lowest BCUT2D eigenvalue weighted by molar-refractivity contribution is 0.577. The molecular formula is C14H22N4. The number of nitrogens with one attached hydrogen (secondary N) is 1. The number of nitrogens with zero attached hydrogens (tertiary/aromatic N) is 3. The van der Waals surface area contributed by atoms with Gasteiger partial charge in [-0.25, -0.2) is 9.97 Å². The van der Waals surface area contributed by atoms with Gasteiger partial charge in [-0.3, -0.25) is 0 Å². The van der Waals surface area contributed by atoms with Crippen LogP contribution in [0.1, 0.15) is 49.9 Å². The Labute approximate surface area is 109 Å². The van der Waals surface area contributed by atoms with Gasteiger partial charge in [-0.15, -0.1) is 0 Å². The molecule has 0 amide bonds. The van der Waals surface area contributed by atoms with Gasteiger partial charge in [0.15, 0.2) is 0 Å². The maximum atomic E-state index is 4.79. The topological polar surface area (TPSA) is 41.1 Å². The Hall–Kier alpha value is -1.16. The maximum Gasteiger partial charge on any atom is 0.225 e. The van der Waals surface area contributed by atoms with E-state index in [0.29, 0.717) is 11.8 Å². The van der Waals surface area contributed by atoms with Crippen molar-refractivity contribution in [3.8, 4) is 0 Å². The quantitative estimate of drug-likeness (QED) is 0.884. The average Bonchev–Trinajstić information content (AvgIpc) is 3.23. The second kappa shape index (κ2) is 4.84. The van der Waals surface area contributed by atoms with Crippen molar-refractivity contribution in [2.24, 2.45) is 0 Å². The summed E-state index contributed by atoms with van der Waals surface area (Å²) in [6.07, 6.45) is 2.60. The molecule has 0 atom stereocenters. The summed E-state index contributed by atoms with van der Waals surface area (Å²) in [7, 11) is 0. The van der Waals surface area contributed by atoms with E-state index >= 15 is 0 Å². The van der Waals surface area contributed by atoms with Crippen molar-refractivity contribution in [1.82, 2.24) is 15.3 Å². The molecule has 2 fully saturated rings. The Bertz CT molecular complexity index is 400. The van der Waals surface area contributed by atoms with Gasteiger partial charge >= 0.3 is 0 Å². The van der Waals surface area contributed by atoms with Crippen molar-refractivity contribution in [3.63, 3.8) is 0 Å². The third kappa shape index (κ3) is 2.48. The highest BCUT2D eigenvalue weighted by Crippen LogP contribution is 2.40. The van der Waals surface area contributed by atoms with Crippen LogP contribution in [-0.4, -0.2) is 36.1 Å². The van der Waals surface area contributed by atoms with Crippen molar-refractivity contribution in [1.29, 1.82) is 0 Å². The van der Waals surface area contributed by atoms with Crippen LogP contribution < -0.4 is 10.2 Å². The van der Waals surface area contributed by atoms with Gasteiger partial charge in [-0.2, -0.15) is 0 Å². The summed E-state index contributed by atoms with van der Waals surface area (Å²) >= 11 is 0. The molecule has 1 saturated heterocycles. The molecule has 0 bridgehead atoms. The van der Waals surface area contributed by atoms with Crippen LogP contribution in [0, 0.1) is 0 Å². The first-order chi connectivity index (χ1) is 8.74.